The van der Waals surface area contributed by atoms with Gasteiger partial charge in [0.15, 0.2) is 0 Å². The standard InChI is InChI=1S/C14H19NO2/c1-10-9-12(7-8-13(10)14(16)17)15-11-5-3-2-4-6-11/h7-9,11,15H,2-6H2,1H3,(H,16,17). The van der Waals surface area contributed by atoms with Crippen LogP contribution in [-0.2, 0) is 0 Å². The smallest absolute Gasteiger partial charge is 0.335 e. The number of carbonyl (C=O) groups is 1. The number of aromatic carboxylic acids is 1. The Morgan fingerprint density at radius 3 is 2.59 bits per heavy atom. The Morgan fingerprint density at radius 1 is 1.29 bits per heavy atom. The number of carboxylic acid groups (broad SMARTS) is 1. The topological polar surface area (TPSA) is 49.3 Å². The van der Waals surface area contributed by atoms with Gasteiger partial charge in [0.1, 0.15) is 0 Å². The van der Waals surface area contributed by atoms with Crippen LogP contribution in [0.3, 0.4) is 0 Å². The average molecular weight is 233 g/mol. The summed E-state index contributed by atoms with van der Waals surface area (Å²) in [5.41, 5.74) is 2.25. The van der Waals surface area contributed by atoms with Crippen LogP contribution in [-0.4, -0.2) is 17.1 Å². The van der Waals surface area contributed by atoms with Crippen LogP contribution < -0.4 is 5.32 Å². The normalized spacial score (nSPS) is 16.8. The van der Waals surface area contributed by atoms with Gasteiger partial charge in [-0.2, -0.15) is 0 Å². The van der Waals surface area contributed by atoms with E-state index in [1.54, 1.807) is 6.07 Å². The minimum atomic E-state index is -0.855. The molecule has 1 saturated carbocycles. The molecule has 0 saturated heterocycles. The molecule has 0 radical (unpaired) electrons. The highest BCUT2D eigenvalue weighted by atomic mass is 16.4. The first kappa shape index (κ1) is 12.0. The highest BCUT2D eigenvalue weighted by Gasteiger charge is 2.13. The molecule has 1 aliphatic carbocycles. The van der Waals surface area contributed by atoms with E-state index in [1.165, 1.54) is 32.1 Å². The third-order valence-corrected chi connectivity index (χ3v) is 3.43. The molecule has 0 aromatic heterocycles. The maximum Gasteiger partial charge on any atom is 0.335 e. The first-order valence-electron chi connectivity index (χ1n) is 6.27. The number of nitrogens with one attached hydrogen (secondary N) is 1. The molecule has 0 spiro atoms. The van der Waals surface area contributed by atoms with Gasteiger partial charge in [0.2, 0.25) is 0 Å². The molecule has 0 heterocycles. The number of aryl methyl sites for hydroxylation is 1. The fraction of sp³-hybridized carbons (Fsp3) is 0.500. The minimum absolute atomic E-state index is 0.388. The quantitative estimate of drug-likeness (QED) is 0.840. The van der Waals surface area contributed by atoms with Crippen molar-refractivity contribution in [2.45, 2.75) is 45.1 Å². The van der Waals surface area contributed by atoms with Crippen molar-refractivity contribution in [1.82, 2.24) is 0 Å². The molecule has 0 amide bonds. The van der Waals surface area contributed by atoms with Crippen molar-refractivity contribution in [3.8, 4) is 0 Å². The van der Waals surface area contributed by atoms with Crippen LogP contribution >= 0.6 is 0 Å². The number of rotatable bonds is 3. The molecule has 0 atom stereocenters. The summed E-state index contributed by atoms with van der Waals surface area (Å²) >= 11 is 0. The van der Waals surface area contributed by atoms with Crippen LogP contribution in [0.5, 0.6) is 0 Å². The van der Waals surface area contributed by atoms with Crippen LogP contribution in [0.15, 0.2) is 18.2 Å². The van der Waals surface area contributed by atoms with Gasteiger partial charge in [-0.05, 0) is 43.5 Å². The van der Waals surface area contributed by atoms with Gasteiger partial charge in [0.05, 0.1) is 5.56 Å². The Hall–Kier alpha value is -1.51. The summed E-state index contributed by atoms with van der Waals surface area (Å²) in [6.07, 6.45) is 6.38. The van der Waals surface area contributed by atoms with E-state index in [9.17, 15) is 4.79 Å². The molecule has 92 valence electrons. The lowest BCUT2D eigenvalue weighted by molar-refractivity contribution is 0.0696. The monoisotopic (exact) mass is 233 g/mol. The fourth-order valence-electron chi connectivity index (χ4n) is 2.48. The van der Waals surface area contributed by atoms with Gasteiger partial charge < -0.3 is 10.4 Å². The second-order valence-electron chi connectivity index (χ2n) is 4.81. The van der Waals surface area contributed by atoms with Gasteiger partial charge in [0.25, 0.3) is 0 Å². The van der Waals surface area contributed by atoms with Crippen molar-refractivity contribution >= 4 is 11.7 Å². The molecule has 1 aromatic rings. The Labute approximate surface area is 102 Å². The van der Waals surface area contributed by atoms with Crippen molar-refractivity contribution in [3.63, 3.8) is 0 Å². The number of hydrogen-bond acceptors (Lipinski definition) is 2. The van der Waals surface area contributed by atoms with E-state index < -0.39 is 5.97 Å². The third kappa shape index (κ3) is 2.99. The van der Waals surface area contributed by atoms with E-state index in [2.05, 4.69) is 5.32 Å². The number of anilines is 1. The van der Waals surface area contributed by atoms with Crippen LogP contribution in [0.4, 0.5) is 5.69 Å². The van der Waals surface area contributed by atoms with Crippen LogP contribution in [0.2, 0.25) is 0 Å². The van der Waals surface area contributed by atoms with Gasteiger partial charge in [0, 0.05) is 11.7 Å². The average Bonchev–Trinajstić information content (AvgIpc) is 2.30. The third-order valence-electron chi connectivity index (χ3n) is 3.43. The molecular weight excluding hydrogens is 214 g/mol. The first-order chi connectivity index (χ1) is 8.16. The van der Waals surface area contributed by atoms with Crippen LogP contribution in [0.1, 0.15) is 48.0 Å². The van der Waals surface area contributed by atoms with Gasteiger partial charge in [-0.3, -0.25) is 0 Å². The largest absolute Gasteiger partial charge is 0.478 e. The van der Waals surface area contributed by atoms with E-state index in [-0.39, 0.29) is 0 Å². The number of carboxylic acids is 1. The van der Waals surface area contributed by atoms with Crippen molar-refractivity contribution in [1.29, 1.82) is 0 Å². The molecule has 1 aromatic carbocycles. The zero-order valence-electron chi connectivity index (χ0n) is 10.2. The number of benzene rings is 1. The summed E-state index contributed by atoms with van der Waals surface area (Å²) in [5, 5.41) is 12.5. The zero-order valence-corrected chi connectivity index (χ0v) is 10.2. The van der Waals surface area contributed by atoms with Crippen molar-refractivity contribution in [2.24, 2.45) is 0 Å². The lowest BCUT2D eigenvalue weighted by Crippen LogP contribution is -2.22. The molecular formula is C14H19NO2. The van der Waals surface area contributed by atoms with E-state index in [1.807, 2.05) is 19.1 Å². The minimum Gasteiger partial charge on any atom is -0.478 e. The molecule has 2 rings (SSSR count). The molecule has 3 nitrogen and oxygen atoms in total. The Bertz CT molecular complexity index is 409. The molecule has 0 unspecified atom stereocenters. The zero-order chi connectivity index (χ0) is 12.3. The molecule has 3 heteroatoms. The summed E-state index contributed by atoms with van der Waals surface area (Å²) in [4.78, 5) is 10.9. The van der Waals surface area contributed by atoms with Crippen LogP contribution in [0.25, 0.3) is 0 Å². The van der Waals surface area contributed by atoms with E-state index in [4.69, 9.17) is 5.11 Å². The Kier molecular flexibility index (Phi) is 3.67. The fourth-order valence-corrected chi connectivity index (χ4v) is 2.48. The van der Waals surface area contributed by atoms with Gasteiger partial charge in [-0.25, -0.2) is 4.79 Å². The highest BCUT2D eigenvalue weighted by molar-refractivity contribution is 5.89. The van der Waals surface area contributed by atoms with E-state index >= 15 is 0 Å². The summed E-state index contributed by atoms with van der Waals surface area (Å²) < 4.78 is 0. The lowest BCUT2D eigenvalue weighted by Gasteiger charge is -2.24. The maximum absolute atomic E-state index is 10.9. The molecule has 1 aliphatic rings. The second kappa shape index (κ2) is 5.21. The summed E-state index contributed by atoms with van der Waals surface area (Å²) in [5.74, 6) is -0.855. The molecule has 0 aliphatic heterocycles. The van der Waals surface area contributed by atoms with Gasteiger partial charge in [-0.1, -0.05) is 19.3 Å². The van der Waals surface area contributed by atoms with Gasteiger partial charge in [-0.15, -0.1) is 0 Å². The molecule has 2 N–H and O–H groups in total. The predicted octanol–water partition coefficient (Wildman–Crippen LogP) is 3.44. The maximum atomic E-state index is 10.9. The van der Waals surface area contributed by atoms with Crippen molar-refractivity contribution < 1.29 is 9.90 Å². The van der Waals surface area contributed by atoms with Crippen molar-refractivity contribution in [2.75, 3.05) is 5.32 Å². The number of hydrogen-bond donors (Lipinski definition) is 2. The van der Waals surface area contributed by atoms with Crippen LogP contribution in [0, 0.1) is 6.92 Å². The van der Waals surface area contributed by atoms with E-state index in [0.717, 1.165) is 11.3 Å². The Morgan fingerprint density at radius 2 is 2.00 bits per heavy atom. The highest BCUT2D eigenvalue weighted by Crippen LogP contribution is 2.23. The lowest BCUT2D eigenvalue weighted by atomic mass is 9.95. The van der Waals surface area contributed by atoms with E-state index in [0.29, 0.717) is 11.6 Å². The SMILES string of the molecule is Cc1cc(NC2CCCCC2)ccc1C(=O)O. The van der Waals surface area contributed by atoms with Gasteiger partial charge >= 0.3 is 5.97 Å². The molecule has 17 heavy (non-hydrogen) atoms. The summed E-state index contributed by atoms with van der Waals surface area (Å²) in [6.45, 7) is 1.84. The molecule has 1 fully saturated rings. The Balaban J connectivity index is 2.06. The first-order valence-corrected chi connectivity index (χ1v) is 6.27. The van der Waals surface area contributed by atoms with Crippen molar-refractivity contribution in [3.05, 3.63) is 29.3 Å². The second-order valence-corrected chi connectivity index (χ2v) is 4.81. The summed E-state index contributed by atoms with van der Waals surface area (Å²) in [6, 6.07) is 6.03. The summed E-state index contributed by atoms with van der Waals surface area (Å²) in [7, 11) is 0. The molecule has 0 bridgehead atoms. The predicted molar refractivity (Wildman–Crippen MR) is 68.6 cm³/mol.